The van der Waals surface area contributed by atoms with E-state index >= 15 is 0 Å². The van der Waals surface area contributed by atoms with Crippen molar-refractivity contribution in [2.24, 2.45) is 11.3 Å². The van der Waals surface area contributed by atoms with Crippen LogP contribution < -0.4 is 20.7 Å². The number of carbonyl (C=O) groups is 4. The van der Waals surface area contributed by atoms with Crippen molar-refractivity contribution in [3.05, 3.63) is 41.8 Å². The van der Waals surface area contributed by atoms with Crippen molar-refractivity contribution in [3.8, 4) is 16.5 Å². The highest BCUT2D eigenvalue weighted by Crippen LogP contribution is 2.48. The number of carboxylic acid groups (broad SMARTS) is 1. The predicted octanol–water partition coefficient (Wildman–Crippen LogP) is 4.44. The summed E-state index contributed by atoms with van der Waals surface area (Å²) in [5.41, 5.74) is -1.93. The number of hydrogen-bond acceptors (Lipinski definition) is 8. The van der Waals surface area contributed by atoms with Crippen LogP contribution in [0, 0.1) is 11.3 Å². The van der Waals surface area contributed by atoms with E-state index in [4.69, 9.17) is 14.7 Å². The number of hydrogen-bond donors (Lipinski definition) is 4. The molecule has 15 heteroatoms. The molecule has 48 heavy (non-hydrogen) atoms. The molecule has 1 saturated carbocycles. The number of thiophene rings is 1. The van der Waals surface area contributed by atoms with E-state index in [1.54, 1.807) is 53.7 Å². The Morgan fingerprint density at radius 2 is 1.71 bits per heavy atom. The second-order valence-electron chi connectivity index (χ2n) is 14.4. The molecule has 5 rings (SSSR count). The summed E-state index contributed by atoms with van der Waals surface area (Å²) in [5.74, 6) is -4.50. The Labute approximate surface area is 280 Å². The van der Waals surface area contributed by atoms with Gasteiger partial charge in [0.2, 0.25) is 24.1 Å². The summed E-state index contributed by atoms with van der Waals surface area (Å²) >= 11 is 1.43. The number of carbonyl (C=O) groups excluding carboxylic acids is 3. The molecule has 0 bridgehead atoms. The molecule has 1 aromatic carbocycles. The largest absolute Gasteiger partial charge is 0.479 e. The molecule has 4 N–H and O–H groups in total. The monoisotopic (exact) mass is 686 g/mol. The minimum atomic E-state index is -2.96. The lowest BCUT2D eigenvalue weighted by Gasteiger charge is -2.36. The summed E-state index contributed by atoms with van der Waals surface area (Å²) in [6.07, 6.45) is -4.33. The lowest BCUT2D eigenvalue weighted by atomic mass is 9.85. The zero-order chi connectivity index (χ0) is 35.2. The van der Waals surface area contributed by atoms with Crippen LogP contribution in [0.25, 0.3) is 21.6 Å². The molecule has 12 nitrogen and oxygen atoms in total. The van der Waals surface area contributed by atoms with Crippen molar-refractivity contribution < 1.29 is 37.8 Å². The third-order valence-electron chi connectivity index (χ3n) is 8.34. The molecule has 1 unspecified atom stereocenters. The summed E-state index contributed by atoms with van der Waals surface area (Å²) in [6.45, 7) is 10.5. The van der Waals surface area contributed by atoms with Gasteiger partial charge in [-0.25, -0.2) is 28.3 Å². The fourth-order valence-electron chi connectivity index (χ4n) is 5.83. The van der Waals surface area contributed by atoms with Crippen molar-refractivity contribution >= 4 is 46.2 Å². The number of rotatable bonds is 9. The highest BCUT2D eigenvalue weighted by Gasteiger charge is 2.66. The second-order valence-corrected chi connectivity index (χ2v) is 15.3. The van der Waals surface area contributed by atoms with E-state index in [2.05, 4.69) is 16.0 Å². The van der Waals surface area contributed by atoms with Gasteiger partial charge in [-0.2, -0.15) is 0 Å². The summed E-state index contributed by atoms with van der Waals surface area (Å²) < 4.78 is 33.6. The Balaban J connectivity index is 1.48. The van der Waals surface area contributed by atoms with Gasteiger partial charge in [0, 0.05) is 12.0 Å². The Hall–Kier alpha value is -4.40. The summed E-state index contributed by atoms with van der Waals surface area (Å²) in [5, 5.41) is 19.5. The molecule has 258 valence electrons. The maximum Gasteiger partial charge on any atom is 0.329 e. The molecule has 3 aromatic rings. The van der Waals surface area contributed by atoms with Gasteiger partial charge in [-0.05, 0) is 56.2 Å². The Morgan fingerprint density at radius 1 is 1.04 bits per heavy atom. The molecule has 2 fully saturated rings. The van der Waals surface area contributed by atoms with Gasteiger partial charge < -0.3 is 30.7 Å². The van der Waals surface area contributed by atoms with Crippen molar-refractivity contribution in [1.29, 1.82) is 0 Å². The average molecular weight is 687 g/mol. The average Bonchev–Trinajstić information content (AvgIpc) is 3.28. The van der Waals surface area contributed by atoms with Crippen molar-refractivity contribution in [2.45, 2.75) is 90.1 Å². The number of benzene rings is 1. The lowest BCUT2D eigenvalue weighted by Crippen LogP contribution is -2.61. The first-order chi connectivity index (χ1) is 22.4. The van der Waals surface area contributed by atoms with E-state index in [9.17, 15) is 33.1 Å². The van der Waals surface area contributed by atoms with Crippen LogP contribution in [0.4, 0.5) is 13.6 Å². The van der Waals surface area contributed by atoms with Crippen LogP contribution in [-0.2, 0) is 14.4 Å². The number of fused-ring (bicyclic) bond motifs is 1. The molecule has 1 saturated heterocycles. The summed E-state index contributed by atoms with van der Waals surface area (Å²) in [6, 6.07) is 7.93. The number of carboxylic acids is 1. The van der Waals surface area contributed by atoms with Crippen LogP contribution in [0.15, 0.2) is 41.8 Å². The molecule has 2 aliphatic rings. The van der Waals surface area contributed by atoms with Gasteiger partial charge in [-0.1, -0.05) is 39.0 Å². The number of nitrogens with one attached hydrogen (secondary N) is 3. The number of alkyl halides is 2. The summed E-state index contributed by atoms with van der Waals surface area (Å²) in [4.78, 5) is 64.6. The number of aliphatic carboxylic acids is 1. The van der Waals surface area contributed by atoms with Crippen LogP contribution in [0.1, 0.15) is 54.4 Å². The first-order valence-corrected chi connectivity index (χ1v) is 16.5. The fraction of sp³-hybridized carbons (Fsp3) is 0.515. The smallest absolute Gasteiger partial charge is 0.329 e. The van der Waals surface area contributed by atoms with Gasteiger partial charge in [0.25, 0.3) is 0 Å². The molecule has 2 aromatic heterocycles. The number of ether oxygens (including phenoxy) is 1. The van der Waals surface area contributed by atoms with Gasteiger partial charge in [0.05, 0.1) is 28.4 Å². The molecular formula is C33H40F2N6O6S. The second kappa shape index (κ2) is 12.9. The number of nitrogens with zero attached hydrogens (tertiary/aromatic N) is 3. The molecule has 0 radical (unpaired) electrons. The van der Waals surface area contributed by atoms with Crippen molar-refractivity contribution in [2.75, 3.05) is 6.54 Å². The third kappa shape index (κ3) is 7.35. The molecule has 4 amide bonds. The van der Waals surface area contributed by atoms with Crippen molar-refractivity contribution in [1.82, 2.24) is 30.8 Å². The topological polar surface area (TPSA) is 163 Å². The summed E-state index contributed by atoms with van der Waals surface area (Å²) in [7, 11) is 0. The van der Waals surface area contributed by atoms with Crippen LogP contribution >= 0.6 is 11.3 Å². The van der Waals surface area contributed by atoms with E-state index in [0.29, 0.717) is 16.7 Å². The zero-order valence-electron chi connectivity index (χ0n) is 27.5. The zero-order valence-corrected chi connectivity index (χ0v) is 28.4. The number of para-hydroxylation sites is 2. The van der Waals surface area contributed by atoms with Gasteiger partial charge >= 0.3 is 12.0 Å². The van der Waals surface area contributed by atoms with Gasteiger partial charge in [-0.3, -0.25) is 9.59 Å². The normalized spacial score (nSPS) is 23.1. The molecular weight excluding hydrogens is 646 g/mol. The van der Waals surface area contributed by atoms with Crippen molar-refractivity contribution in [3.63, 3.8) is 0 Å². The maximum atomic E-state index is 14.3. The minimum Gasteiger partial charge on any atom is -0.479 e. The number of urea groups is 1. The van der Waals surface area contributed by atoms with Gasteiger partial charge in [-0.15, -0.1) is 11.3 Å². The molecule has 5 atom stereocenters. The van der Waals surface area contributed by atoms with E-state index in [-0.39, 0.29) is 18.8 Å². The molecule has 0 spiro atoms. The highest BCUT2D eigenvalue weighted by molar-refractivity contribution is 7.13. The fourth-order valence-corrected chi connectivity index (χ4v) is 6.54. The van der Waals surface area contributed by atoms with Crippen LogP contribution in [-0.4, -0.2) is 86.0 Å². The quantitative estimate of drug-likeness (QED) is 0.257. The standard InChI is InChI=1S/C33H40F2N6O6S/c1-31(2,3)24(38-30(46)40-32(4,5)6)28(43)41-16-17(14-21(41)26(42)39-33(29(44)45)15-18(33)25(34)35)47-27-23(22-12-9-13-48-22)36-19-10-7-8-11-20(19)37-27/h7-13,17-18,21,24-25H,14-16H2,1-6H3,(H,39,42)(H,44,45)(H2,38,40,46)/t17-,18+,21?,24-,33-/m1/s1. The predicted molar refractivity (Wildman–Crippen MR) is 175 cm³/mol. The highest BCUT2D eigenvalue weighted by atomic mass is 32.1. The van der Waals surface area contributed by atoms with Crippen LogP contribution in [0.2, 0.25) is 0 Å². The molecule has 1 aliphatic carbocycles. The maximum absolute atomic E-state index is 14.3. The Morgan fingerprint density at radius 3 is 2.25 bits per heavy atom. The number of amides is 4. The number of likely N-dealkylation sites (tertiary alicyclic amines) is 1. The number of halogens is 2. The Kier molecular flexibility index (Phi) is 9.38. The first kappa shape index (κ1) is 34.9. The Bertz CT molecular complexity index is 1710. The van der Waals surface area contributed by atoms with E-state index < -0.39 is 77.3 Å². The number of aromatic nitrogens is 2. The van der Waals surface area contributed by atoms with Gasteiger partial charge in [0.15, 0.2) is 0 Å². The van der Waals surface area contributed by atoms with Crippen LogP contribution in [0.3, 0.4) is 0 Å². The van der Waals surface area contributed by atoms with E-state index in [0.717, 1.165) is 4.88 Å². The SMILES string of the molecule is CC(C)(C)NC(=O)N[C@H](C(=O)N1C[C@H](Oc2nc3ccccc3nc2-c2cccs2)CC1C(=O)N[C@]1(C(=O)O)C[C@H]1C(F)F)C(C)(C)C. The van der Waals surface area contributed by atoms with Gasteiger partial charge in [0.1, 0.15) is 29.4 Å². The first-order valence-electron chi connectivity index (χ1n) is 15.6. The third-order valence-corrected chi connectivity index (χ3v) is 9.22. The molecule has 1 aliphatic heterocycles. The minimum absolute atomic E-state index is 0.101. The van der Waals surface area contributed by atoms with Crippen LogP contribution in [0.5, 0.6) is 5.88 Å². The van der Waals surface area contributed by atoms with E-state index in [1.807, 2.05) is 29.6 Å². The lowest BCUT2D eigenvalue weighted by molar-refractivity contribution is -0.147. The molecule has 3 heterocycles. The van der Waals surface area contributed by atoms with E-state index in [1.165, 1.54) is 16.2 Å².